The van der Waals surface area contributed by atoms with Crippen LogP contribution in [0.4, 0.5) is 5.69 Å². The van der Waals surface area contributed by atoms with Gasteiger partial charge < -0.3 is 15.3 Å². The van der Waals surface area contributed by atoms with Gasteiger partial charge in [-0.2, -0.15) is 0 Å². The van der Waals surface area contributed by atoms with E-state index >= 15 is 0 Å². The zero-order chi connectivity index (χ0) is 15.8. The van der Waals surface area contributed by atoms with Gasteiger partial charge in [-0.1, -0.05) is 38.1 Å². The molecule has 0 aromatic heterocycles. The molecule has 0 atom stereocenters. The number of nitrogens with one attached hydrogen (secondary N) is 1. The fourth-order valence-corrected chi connectivity index (χ4v) is 2.43. The first-order valence-electron chi connectivity index (χ1n) is 8.04. The number of aromatic hydroxyl groups is 1. The normalized spacial score (nSPS) is 10.9. The number of anilines is 1. The molecule has 2 N–H and O–H groups in total. The number of benzene rings is 2. The molecule has 2 aromatic rings. The third-order valence-electron chi connectivity index (χ3n) is 4.00. The second-order valence-corrected chi connectivity index (χ2v) is 5.49. The summed E-state index contributed by atoms with van der Waals surface area (Å²) in [5, 5.41) is 12.7. The largest absolute Gasteiger partial charge is 0.508 e. The molecule has 0 saturated carbocycles. The van der Waals surface area contributed by atoms with Crippen LogP contribution in [0.2, 0.25) is 0 Å². The zero-order valence-electron chi connectivity index (χ0n) is 13.5. The van der Waals surface area contributed by atoms with E-state index in [1.165, 1.54) is 5.56 Å². The van der Waals surface area contributed by atoms with E-state index < -0.39 is 0 Å². The molecule has 0 saturated heterocycles. The topological polar surface area (TPSA) is 35.5 Å². The maximum Gasteiger partial charge on any atom is 0.115 e. The van der Waals surface area contributed by atoms with E-state index in [1.807, 2.05) is 12.1 Å². The molecule has 0 unspecified atom stereocenters. The molecule has 3 heteroatoms. The molecule has 0 spiro atoms. The van der Waals surface area contributed by atoms with Crippen LogP contribution in [-0.2, 0) is 13.0 Å². The Morgan fingerprint density at radius 3 is 2.05 bits per heavy atom. The lowest BCUT2D eigenvalue weighted by Crippen LogP contribution is -2.25. The molecule has 2 aromatic carbocycles. The molecule has 3 nitrogen and oxygen atoms in total. The van der Waals surface area contributed by atoms with Crippen molar-refractivity contribution in [2.75, 3.05) is 25.0 Å². The molecule has 0 aliphatic rings. The maximum atomic E-state index is 9.27. The third kappa shape index (κ3) is 5.08. The highest BCUT2D eigenvalue weighted by molar-refractivity contribution is 5.45. The van der Waals surface area contributed by atoms with Crippen molar-refractivity contribution in [1.82, 2.24) is 4.90 Å². The van der Waals surface area contributed by atoms with E-state index in [2.05, 4.69) is 48.3 Å². The number of nitrogens with zero attached hydrogens (tertiary/aromatic N) is 1. The predicted molar refractivity (Wildman–Crippen MR) is 93.4 cm³/mol. The average Bonchev–Trinajstić information content (AvgIpc) is 2.56. The zero-order valence-corrected chi connectivity index (χ0v) is 13.5. The van der Waals surface area contributed by atoms with Crippen LogP contribution in [0.25, 0.3) is 0 Å². The molecule has 0 heterocycles. The van der Waals surface area contributed by atoms with Crippen molar-refractivity contribution in [2.45, 2.75) is 26.8 Å². The average molecular weight is 298 g/mol. The Labute approximate surface area is 133 Å². The number of hydrogen-bond acceptors (Lipinski definition) is 3. The van der Waals surface area contributed by atoms with Crippen molar-refractivity contribution in [3.63, 3.8) is 0 Å². The molecule has 118 valence electrons. The van der Waals surface area contributed by atoms with Crippen LogP contribution in [0.15, 0.2) is 48.5 Å². The number of hydrogen-bond donors (Lipinski definition) is 2. The Balaban J connectivity index is 1.82. The standard InChI is InChI=1S/C19H26N2O/c1-3-21(4-2)14-13-16-5-9-18(10-6-16)20-15-17-7-11-19(22)12-8-17/h5-12,20,22H,3-4,13-15H2,1-2H3. The van der Waals surface area contributed by atoms with Gasteiger partial charge in [0.2, 0.25) is 0 Å². The summed E-state index contributed by atoms with van der Waals surface area (Å²) in [4.78, 5) is 2.44. The lowest BCUT2D eigenvalue weighted by atomic mass is 10.1. The van der Waals surface area contributed by atoms with Crippen LogP contribution < -0.4 is 5.32 Å². The van der Waals surface area contributed by atoms with Crippen molar-refractivity contribution >= 4 is 5.69 Å². The lowest BCUT2D eigenvalue weighted by Gasteiger charge is -2.17. The van der Waals surface area contributed by atoms with E-state index in [9.17, 15) is 5.11 Å². The molecular weight excluding hydrogens is 272 g/mol. The highest BCUT2D eigenvalue weighted by Gasteiger charge is 2.00. The molecule has 0 fully saturated rings. The van der Waals surface area contributed by atoms with E-state index in [-0.39, 0.29) is 0 Å². The molecule has 0 amide bonds. The second kappa shape index (κ2) is 8.44. The first-order chi connectivity index (χ1) is 10.7. The van der Waals surface area contributed by atoms with Crippen LogP contribution in [0.5, 0.6) is 5.75 Å². The van der Waals surface area contributed by atoms with Gasteiger partial charge >= 0.3 is 0 Å². The summed E-state index contributed by atoms with van der Waals surface area (Å²) in [5.41, 5.74) is 3.66. The number of phenolic OH excluding ortho intramolecular Hbond substituents is 1. The van der Waals surface area contributed by atoms with Gasteiger partial charge in [0, 0.05) is 18.8 Å². The van der Waals surface area contributed by atoms with Gasteiger partial charge in [0.1, 0.15) is 5.75 Å². The van der Waals surface area contributed by atoms with Gasteiger partial charge in [0.15, 0.2) is 0 Å². The quantitative estimate of drug-likeness (QED) is 0.776. The molecule has 2 rings (SSSR count). The second-order valence-electron chi connectivity index (χ2n) is 5.49. The van der Waals surface area contributed by atoms with Gasteiger partial charge in [0.25, 0.3) is 0 Å². The summed E-state index contributed by atoms with van der Waals surface area (Å²) < 4.78 is 0. The number of likely N-dealkylation sites (N-methyl/N-ethyl adjacent to an activating group) is 1. The van der Waals surface area contributed by atoms with Crippen molar-refractivity contribution in [3.8, 4) is 5.75 Å². The van der Waals surface area contributed by atoms with Gasteiger partial charge in [0.05, 0.1) is 0 Å². The van der Waals surface area contributed by atoms with Crippen LogP contribution in [0, 0.1) is 0 Å². The summed E-state index contributed by atoms with van der Waals surface area (Å²) in [6.45, 7) is 8.53. The van der Waals surface area contributed by atoms with Gasteiger partial charge in [-0.25, -0.2) is 0 Å². The van der Waals surface area contributed by atoms with Crippen molar-refractivity contribution in [3.05, 3.63) is 59.7 Å². The van der Waals surface area contributed by atoms with Gasteiger partial charge in [-0.3, -0.25) is 0 Å². The Morgan fingerprint density at radius 1 is 0.864 bits per heavy atom. The summed E-state index contributed by atoms with van der Waals surface area (Å²) in [6, 6.07) is 16.0. The number of phenols is 1. The summed E-state index contributed by atoms with van der Waals surface area (Å²) in [5.74, 6) is 0.307. The van der Waals surface area contributed by atoms with Crippen LogP contribution in [0.3, 0.4) is 0 Å². The molecule has 0 radical (unpaired) electrons. The van der Waals surface area contributed by atoms with Crippen molar-refractivity contribution < 1.29 is 5.11 Å². The summed E-state index contributed by atoms with van der Waals surface area (Å²) in [7, 11) is 0. The molecule has 0 bridgehead atoms. The highest BCUT2D eigenvalue weighted by atomic mass is 16.3. The molecule has 0 aliphatic carbocycles. The monoisotopic (exact) mass is 298 g/mol. The fourth-order valence-electron chi connectivity index (χ4n) is 2.43. The molecule has 0 aliphatic heterocycles. The first-order valence-corrected chi connectivity index (χ1v) is 8.04. The maximum absolute atomic E-state index is 9.27. The molecule has 22 heavy (non-hydrogen) atoms. The molecular formula is C19H26N2O. The van der Waals surface area contributed by atoms with Gasteiger partial charge in [-0.15, -0.1) is 0 Å². The van der Waals surface area contributed by atoms with Crippen molar-refractivity contribution in [1.29, 1.82) is 0 Å². The third-order valence-corrected chi connectivity index (χ3v) is 4.00. The Kier molecular flexibility index (Phi) is 6.28. The first kappa shape index (κ1) is 16.4. The van der Waals surface area contributed by atoms with E-state index in [1.54, 1.807) is 12.1 Å². The van der Waals surface area contributed by atoms with Crippen molar-refractivity contribution in [2.24, 2.45) is 0 Å². The Bertz CT molecular complexity index is 545. The van der Waals surface area contributed by atoms with Crippen LogP contribution in [-0.4, -0.2) is 29.6 Å². The smallest absolute Gasteiger partial charge is 0.115 e. The summed E-state index contributed by atoms with van der Waals surface area (Å²) >= 11 is 0. The minimum absolute atomic E-state index is 0.307. The van der Waals surface area contributed by atoms with E-state index in [0.29, 0.717) is 5.75 Å². The Morgan fingerprint density at radius 2 is 1.45 bits per heavy atom. The van der Waals surface area contributed by atoms with E-state index in [0.717, 1.165) is 43.9 Å². The van der Waals surface area contributed by atoms with E-state index in [4.69, 9.17) is 0 Å². The summed E-state index contributed by atoms with van der Waals surface area (Å²) in [6.07, 6.45) is 1.10. The predicted octanol–water partition coefficient (Wildman–Crippen LogP) is 3.89. The number of rotatable bonds is 8. The Hall–Kier alpha value is -2.00. The van der Waals surface area contributed by atoms with Gasteiger partial charge in [-0.05, 0) is 54.9 Å². The van der Waals surface area contributed by atoms with Crippen LogP contribution in [0.1, 0.15) is 25.0 Å². The minimum atomic E-state index is 0.307. The SMILES string of the molecule is CCN(CC)CCc1ccc(NCc2ccc(O)cc2)cc1. The fraction of sp³-hybridized carbons (Fsp3) is 0.368. The lowest BCUT2D eigenvalue weighted by molar-refractivity contribution is 0.308. The van der Waals surface area contributed by atoms with Crippen LogP contribution >= 0.6 is 0 Å². The highest BCUT2D eigenvalue weighted by Crippen LogP contribution is 2.14. The minimum Gasteiger partial charge on any atom is -0.508 e.